The fraction of sp³-hybridized carbons (Fsp3) is 0.700. The van der Waals surface area contributed by atoms with Crippen molar-refractivity contribution in [1.82, 2.24) is 4.98 Å². The number of anilines is 1. The molecule has 102 valence electrons. The van der Waals surface area contributed by atoms with Crippen LogP contribution >= 0.6 is 34.5 Å². The minimum Gasteiger partial charge on any atom is -0.348 e. The number of halogens is 5. The van der Waals surface area contributed by atoms with E-state index in [1.807, 2.05) is 4.90 Å². The first-order valence-electron chi connectivity index (χ1n) is 5.44. The topological polar surface area (TPSA) is 16.1 Å². The van der Waals surface area contributed by atoms with Gasteiger partial charge in [0.05, 0.1) is 16.7 Å². The molecule has 0 atom stereocenters. The van der Waals surface area contributed by atoms with Crippen molar-refractivity contribution in [3.05, 3.63) is 10.0 Å². The molecule has 0 radical (unpaired) electrons. The highest BCUT2D eigenvalue weighted by Gasteiger charge is 2.41. The number of alkyl halides is 4. The van der Waals surface area contributed by atoms with Crippen LogP contribution in [0.25, 0.3) is 0 Å². The standard InChI is InChI=1S/C10H11Cl2F3N2S/c11-5-7-8(12)16-9(18-7)17-3-1-6(2-4-17)10(13,14)15/h6H,1-5H2. The van der Waals surface area contributed by atoms with E-state index in [0.29, 0.717) is 23.4 Å². The van der Waals surface area contributed by atoms with Crippen LogP contribution in [0.2, 0.25) is 5.15 Å². The first-order chi connectivity index (χ1) is 8.41. The Balaban J connectivity index is 2.01. The molecule has 8 heteroatoms. The lowest BCUT2D eigenvalue weighted by molar-refractivity contribution is -0.179. The minimum atomic E-state index is -4.09. The Hall–Kier alpha value is -0.200. The van der Waals surface area contributed by atoms with Crippen LogP contribution in [0.4, 0.5) is 18.3 Å². The minimum absolute atomic E-state index is 0.108. The largest absolute Gasteiger partial charge is 0.391 e. The van der Waals surface area contributed by atoms with Crippen molar-refractivity contribution in [1.29, 1.82) is 0 Å². The Labute approximate surface area is 117 Å². The molecule has 1 aliphatic heterocycles. The molecule has 0 N–H and O–H groups in total. The molecule has 0 bridgehead atoms. The number of aromatic nitrogens is 1. The Bertz CT molecular complexity index is 414. The normalized spacial score (nSPS) is 18.4. The van der Waals surface area contributed by atoms with E-state index in [4.69, 9.17) is 23.2 Å². The highest BCUT2D eigenvalue weighted by Crippen LogP contribution is 2.37. The third-order valence-corrected chi connectivity index (χ3v) is 4.95. The molecule has 0 aromatic carbocycles. The number of hydrogen-bond acceptors (Lipinski definition) is 3. The van der Waals surface area contributed by atoms with E-state index in [1.54, 1.807) is 0 Å². The molecule has 18 heavy (non-hydrogen) atoms. The van der Waals surface area contributed by atoms with E-state index < -0.39 is 12.1 Å². The fourth-order valence-electron chi connectivity index (χ4n) is 1.94. The van der Waals surface area contributed by atoms with Crippen molar-refractivity contribution in [3.8, 4) is 0 Å². The van der Waals surface area contributed by atoms with Crippen molar-refractivity contribution in [2.45, 2.75) is 24.9 Å². The van der Waals surface area contributed by atoms with Gasteiger partial charge in [0.25, 0.3) is 0 Å². The molecule has 0 amide bonds. The second kappa shape index (κ2) is 5.43. The van der Waals surface area contributed by atoms with Gasteiger partial charge in [-0.05, 0) is 12.8 Å². The molecule has 0 spiro atoms. The molecule has 1 saturated heterocycles. The summed E-state index contributed by atoms with van der Waals surface area (Å²) in [6.07, 6.45) is -3.87. The molecule has 0 saturated carbocycles. The molecule has 0 unspecified atom stereocenters. The summed E-state index contributed by atoms with van der Waals surface area (Å²) in [4.78, 5) is 6.73. The summed E-state index contributed by atoms with van der Waals surface area (Å²) in [7, 11) is 0. The molecule has 1 aromatic heterocycles. The van der Waals surface area contributed by atoms with Crippen LogP contribution < -0.4 is 4.90 Å². The number of rotatable bonds is 2. The Morgan fingerprint density at radius 3 is 2.39 bits per heavy atom. The smallest absolute Gasteiger partial charge is 0.348 e. The second-order valence-corrected chi connectivity index (χ2v) is 5.83. The maximum Gasteiger partial charge on any atom is 0.391 e. The van der Waals surface area contributed by atoms with Gasteiger partial charge in [-0.2, -0.15) is 13.2 Å². The van der Waals surface area contributed by atoms with Gasteiger partial charge in [-0.1, -0.05) is 22.9 Å². The lowest BCUT2D eigenvalue weighted by Crippen LogP contribution is -2.38. The van der Waals surface area contributed by atoms with Gasteiger partial charge < -0.3 is 4.90 Å². The summed E-state index contributed by atoms with van der Waals surface area (Å²) in [5.41, 5.74) is 0. The van der Waals surface area contributed by atoms with E-state index in [0.717, 1.165) is 4.88 Å². The van der Waals surface area contributed by atoms with Crippen molar-refractivity contribution < 1.29 is 13.2 Å². The van der Waals surface area contributed by atoms with Gasteiger partial charge in [-0.25, -0.2) is 4.98 Å². The molecular weight excluding hydrogens is 308 g/mol. The highest BCUT2D eigenvalue weighted by molar-refractivity contribution is 7.16. The van der Waals surface area contributed by atoms with Crippen molar-refractivity contribution in [2.24, 2.45) is 5.92 Å². The predicted octanol–water partition coefficient (Wildman–Crippen LogP) is 4.31. The van der Waals surface area contributed by atoms with Gasteiger partial charge in [0.15, 0.2) is 5.13 Å². The van der Waals surface area contributed by atoms with Crippen LogP contribution in [0.3, 0.4) is 0 Å². The van der Waals surface area contributed by atoms with Gasteiger partial charge in [0, 0.05) is 13.1 Å². The van der Waals surface area contributed by atoms with Crippen molar-refractivity contribution in [2.75, 3.05) is 18.0 Å². The van der Waals surface area contributed by atoms with Gasteiger partial charge >= 0.3 is 6.18 Å². The zero-order valence-electron chi connectivity index (χ0n) is 9.31. The van der Waals surface area contributed by atoms with Gasteiger partial charge in [0.1, 0.15) is 5.15 Å². The Kier molecular flexibility index (Phi) is 4.29. The van der Waals surface area contributed by atoms with E-state index in [1.165, 1.54) is 11.3 Å². The molecule has 1 aromatic rings. The number of nitrogens with zero attached hydrogens (tertiary/aromatic N) is 2. The molecule has 1 aliphatic rings. The SMILES string of the molecule is FC(F)(F)C1CCN(c2nc(Cl)c(CCl)s2)CC1. The van der Waals surface area contributed by atoms with E-state index in [9.17, 15) is 13.2 Å². The van der Waals surface area contributed by atoms with Crippen LogP contribution in [0, 0.1) is 5.92 Å². The van der Waals surface area contributed by atoms with Crippen LogP contribution in [-0.2, 0) is 5.88 Å². The molecular formula is C10H11Cl2F3N2S. The molecule has 2 heterocycles. The Morgan fingerprint density at radius 2 is 1.94 bits per heavy atom. The lowest BCUT2D eigenvalue weighted by Gasteiger charge is -2.32. The van der Waals surface area contributed by atoms with Gasteiger partial charge in [0.2, 0.25) is 0 Å². The van der Waals surface area contributed by atoms with E-state index >= 15 is 0 Å². The zero-order chi connectivity index (χ0) is 13.3. The quantitative estimate of drug-likeness (QED) is 0.755. The first kappa shape index (κ1) is 14.2. The lowest BCUT2D eigenvalue weighted by atomic mass is 9.97. The maximum atomic E-state index is 12.5. The number of piperidine rings is 1. The third-order valence-electron chi connectivity index (χ3n) is 2.99. The second-order valence-electron chi connectivity index (χ2n) is 4.15. The van der Waals surface area contributed by atoms with Crippen molar-refractivity contribution in [3.63, 3.8) is 0 Å². The first-order valence-corrected chi connectivity index (χ1v) is 7.17. The van der Waals surface area contributed by atoms with Crippen LogP contribution in [0.15, 0.2) is 0 Å². The van der Waals surface area contributed by atoms with Crippen LogP contribution in [0.5, 0.6) is 0 Å². The molecule has 2 rings (SSSR count). The van der Waals surface area contributed by atoms with Crippen LogP contribution in [-0.4, -0.2) is 24.2 Å². The zero-order valence-corrected chi connectivity index (χ0v) is 11.6. The summed E-state index contributed by atoms with van der Waals surface area (Å²) in [6.45, 7) is 0.714. The third kappa shape index (κ3) is 3.03. The van der Waals surface area contributed by atoms with E-state index in [2.05, 4.69) is 4.98 Å². The average Bonchev–Trinajstić information content (AvgIpc) is 2.69. The summed E-state index contributed by atoms with van der Waals surface area (Å²) in [5.74, 6) is -0.924. The average molecular weight is 319 g/mol. The fourth-order valence-corrected chi connectivity index (χ4v) is 3.46. The molecule has 0 aliphatic carbocycles. The number of thiazole rings is 1. The van der Waals surface area contributed by atoms with Gasteiger partial charge in [-0.3, -0.25) is 0 Å². The summed E-state index contributed by atoms with van der Waals surface area (Å²) >= 11 is 12.9. The Morgan fingerprint density at radius 1 is 1.33 bits per heavy atom. The van der Waals surface area contributed by atoms with Crippen molar-refractivity contribution >= 4 is 39.7 Å². The maximum absolute atomic E-state index is 12.5. The summed E-state index contributed by atoms with van der Waals surface area (Å²) < 4.78 is 37.6. The molecule has 1 fully saturated rings. The van der Waals surface area contributed by atoms with E-state index in [-0.39, 0.29) is 18.7 Å². The summed E-state index contributed by atoms with van der Waals surface area (Å²) in [6, 6.07) is 0. The molecule has 2 nitrogen and oxygen atoms in total. The summed E-state index contributed by atoms with van der Waals surface area (Å²) in [5, 5.41) is 1.01. The monoisotopic (exact) mass is 318 g/mol. The highest BCUT2D eigenvalue weighted by atomic mass is 35.5. The van der Waals surface area contributed by atoms with Crippen LogP contribution in [0.1, 0.15) is 17.7 Å². The predicted molar refractivity (Wildman–Crippen MR) is 67.7 cm³/mol. The number of hydrogen-bond donors (Lipinski definition) is 0. The van der Waals surface area contributed by atoms with Gasteiger partial charge in [-0.15, -0.1) is 11.6 Å².